The number of nitrogens with one attached hydrogen (secondary N) is 1. The molecule has 0 amide bonds. The fourth-order valence-corrected chi connectivity index (χ4v) is 7.51. The molecule has 2 aromatic rings. The lowest BCUT2D eigenvalue weighted by atomic mass is 9.38. The van der Waals surface area contributed by atoms with Gasteiger partial charge in [0.25, 0.3) is 0 Å². The molecule has 1 aliphatic heterocycles. The molecule has 4 aliphatic rings. The maximum Gasteiger partial charge on any atom is 0.328 e. The first-order valence-corrected chi connectivity index (χ1v) is 12.8. The average Bonchev–Trinajstić information content (AvgIpc) is 3.04. The van der Waals surface area contributed by atoms with Crippen LogP contribution in [0.1, 0.15) is 38.7 Å². The van der Waals surface area contributed by atoms with Crippen molar-refractivity contribution in [2.45, 2.75) is 61.7 Å². The fourth-order valence-electron chi connectivity index (χ4n) is 5.62. The van der Waals surface area contributed by atoms with Crippen molar-refractivity contribution in [1.82, 2.24) is 9.62 Å². The van der Waals surface area contributed by atoms with Crippen LogP contribution < -0.4 is 5.32 Å². The molecule has 0 spiro atoms. The highest BCUT2D eigenvalue weighted by Crippen LogP contribution is 2.71. The van der Waals surface area contributed by atoms with Crippen LogP contribution in [0.2, 0.25) is 5.02 Å². The summed E-state index contributed by atoms with van der Waals surface area (Å²) >= 11 is 5.82. The van der Waals surface area contributed by atoms with Crippen LogP contribution in [0.3, 0.4) is 0 Å². The molecule has 0 aromatic heterocycles. The molecule has 2 bridgehead atoms. The Bertz CT molecular complexity index is 1300. The Labute approximate surface area is 214 Å². The molecule has 188 valence electrons. The van der Waals surface area contributed by atoms with Crippen LogP contribution in [-0.2, 0) is 21.4 Å². The van der Waals surface area contributed by atoms with Crippen molar-refractivity contribution in [2.24, 2.45) is 10.4 Å². The van der Waals surface area contributed by atoms with E-state index in [1.165, 1.54) is 16.4 Å². The first-order valence-electron chi connectivity index (χ1n) is 11.0. The molecule has 35 heavy (non-hydrogen) atoms. The Morgan fingerprint density at radius 3 is 2.37 bits per heavy atom. The van der Waals surface area contributed by atoms with Gasteiger partial charge in [0.2, 0.25) is 10.0 Å². The molecule has 0 radical (unpaired) electrons. The molecule has 1 atom stereocenters. The van der Waals surface area contributed by atoms with Gasteiger partial charge in [0.15, 0.2) is 6.04 Å². The second-order valence-corrected chi connectivity index (χ2v) is 12.4. The predicted octanol–water partition coefficient (Wildman–Crippen LogP) is 4.25. The van der Waals surface area contributed by atoms with Crippen molar-refractivity contribution >= 4 is 45.8 Å². The number of benzene rings is 2. The Kier molecular flexibility index (Phi) is 6.24. The number of carbonyl (C=O) groups is 1. The van der Waals surface area contributed by atoms with Crippen molar-refractivity contribution in [3.63, 3.8) is 0 Å². The minimum atomic E-state index is -3.88. The van der Waals surface area contributed by atoms with Crippen molar-refractivity contribution in [3.05, 3.63) is 64.9 Å². The molecule has 1 heterocycles. The van der Waals surface area contributed by atoms with Gasteiger partial charge in [0.1, 0.15) is 11.7 Å². The molecular formula is C24H26Cl2FN3O4S. The van der Waals surface area contributed by atoms with Crippen LogP contribution in [-0.4, -0.2) is 46.8 Å². The first-order chi connectivity index (χ1) is 15.9. The quantitative estimate of drug-likeness (QED) is 0.545. The van der Waals surface area contributed by atoms with Crippen LogP contribution in [0.5, 0.6) is 0 Å². The molecule has 2 aromatic carbocycles. The first kappa shape index (κ1) is 25.9. The number of rotatable bonds is 7. The van der Waals surface area contributed by atoms with E-state index in [0.29, 0.717) is 30.7 Å². The number of aliphatic imine (C=N–C) groups is 1. The van der Waals surface area contributed by atoms with Gasteiger partial charge in [0, 0.05) is 17.5 Å². The second-order valence-electron chi connectivity index (χ2n) is 10.1. The number of hydrogen-bond acceptors (Lipinski definition) is 5. The van der Waals surface area contributed by atoms with Gasteiger partial charge in [-0.25, -0.2) is 17.6 Å². The van der Waals surface area contributed by atoms with Gasteiger partial charge in [-0.05, 0) is 62.9 Å². The summed E-state index contributed by atoms with van der Waals surface area (Å²) in [5.74, 6) is -0.929. The Morgan fingerprint density at radius 2 is 1.83 bits per heavy atom. The van der Waals surface area contributed by atoms with Crippen molar-refractivity contribution < 1.29 is 22.7 Å². The smallest absolute Gasteiger partial charge is 0.328 e. The average molecular weight is 542 g/mol. The molecule has 11 heteroatoms. The van der Waals surface area contributed by atoms with Gasteiger partial charge in [-0.15, -0.1) is 12.4 Å². The van der Waals surface area contributed by atoms with E-state index in [9.17, 15) is 22.7 Å². The zero-order valence-corrected chi connectivity index (χ0v) is 21.6. The zero-order valence-electron chi connectivity index (χ0n) is 19.2. The summed E-state index contributed by atoms with van der Waals surface area (Å²) in [6, 6.07) is 11.7. The maximum atomic E-state index is 14.1. The number of carboxylic acid groups (broad SMARTS) is 1. The molecule has 3 fully saturated rings. The summed E-state index contributed by atoms with van der Waals surface area (Å²) in [7, 11) is -3.88. The van der Waals surface area contributed by atoms with E-state index in [2.05, 4.69) is 10.3 Å². The number of halogens is 3. The van der Waals surface area contributed by atoms with Crippen molar-refractivity contribution in [3.8, 4) is 0 Å². The van der Waals surface area contributed by atoms with E-state index in [1.807, 2.05) is 0 Å². The third kappa shape index (κ3) is 4.02. The van der Waals surface area contributed by atoms with E-state index in [1.54, 1.807) is 50.2 Å². The lowest BCUT2D eigenvalue weighted by molar-refractivity contribution is -0.151. The monoisotopic (exact) mass is 541 g/mol. The highest BCUT2D eigenvalue weighted by atomic mass is 35.5. The molecule has 0 unspecified atom stereocenters. The van der Waals surface area contributed by atoms with E-state index >= 15 is 0 Å². The fraction of sp³-hybridized carbons (Fsp3) is 0.417. The summed E-state index contributed by atoms with van der Waals surface area (Å²) in [5.41, 5.74) is -1.29. The Morgan fingerprint density at radius 1 is 1.20 bits per heavy atom. The SMILES string of the molecule is CC1(C)N=C(C23CC(N(Cc4ccc(Cl)c(F)c4)S(=O)(=O)c4ccccc4)(C2)C3)N[C@H]1C(=O)O.Cl. The van der Waals surface area contributed by atoms with Crippen LogP contribution in [0, 0.1) is 11.2 Å². The standard InChI is InChI=1S/C24H25ClFN3O4S.ClH/c1-22(2)19(20(30)31)27-21(28-22)23-12-24(13-23,14-23)29(11-15-8-9-17(25)18(26)10-15)34(32,33)16-6-4-3-5-7-16;/h3-10,19H,11-14H2,1-2H3,(H,27,28)(H,30,31);1H/t19-,23?,24?;/m0./s1. The highest BCUT2D eigenvalue weighted by molar-refractivity contribution is 7.89. The Balaban J connectivity index is 0.00000289. The molecule has 6 rings (SSSR count). The van der Waals surface area contributed by atoms with Crippen LogP contribution in [0.4, 0.5) is 4.39 Å². The topological polar surface area (TPSA) is 99.1 Å². The number of sulfonamides is 1. The molecule has 2 N–H and O–H groups in total. The minimum absolute atomic E-state index is 0. The van der Waals surface area contributed by atoms with E-state index in [-0.39, 0.29) is 34.3 Å². The maximum absolute atomic E-state index is 14.1. The number of aliphatic carboxylic acids is 1. The van der Waals surface area contributed by atoms with Gasteiger partial charge in [-0.3, -0.25) is 4.99 Å². The van der Waals surface area contributed by atoms with Gasteiger partial charge < -0.3 is 10.4 Å². The van der Waals surface area contributed by atoms with Crippen LogP contribution in [0.25, 0.3) is 0 Å². The van der Waals surface area contributed by atoms with E-state index < -0.39 is 38.9 Å². The van der Waals surface area contributed by atoms with Crippen molar-refractivity contribution in [2.75, 3.05) is 0 Å². The number of carboxylic acids is 1. The van der Waals surface area contributed by atoms with Gasteiger partial charge in [-0.1, -0.05) is 35.9 Å². The van der Waals surface area contributed by atoms with Crippen molar-refractivity contribution in [1.29, 1.82) is 0 Å². The van der Waals surface area contributed by atoms with Crippen LogP contribution >= 0.6 is 24.0 Å². The van der Waals surface area contributed by atoms with Gasteiger partial charge in [-0.2, -0.15) is 4.31 Å². The summed E-state index contributed by atoms with van der Waals surface area (Å²) < 4.78 is 43.0. The van der Waals surface area contributed by atoms with E-state index in [0.717, 1.165) is 0 Å². The summed E-state index contributed by atoms with van der Waals surface area (Å²) in [6.45, 7) is 3.55. The number of amidine groups is 1. The lowest BCUT2D eigenvalue weighted by Gasteiger charge is -2.72. The summed E-state index contributed by atoms with van der Waals surface area (Å²) in [4.78, 5) is 16.5. The van der Waals surface area contributed by atoms with Gasteiger partial charge in [0.05, 0.1) is 15.5 Å². The Hall–Kier alpha value is -2.20. The number of nitrogens with zero attached hydrogens (tertiary/aromatic N) is 2. The summed E-state index contributed by atoms with van der Waals surface area (Å²) in [5, 5.41) is 12.6. The third-order valence-electron chi connectivity index (χ3n) is 7.31. The second kappa shape index (κ2) is 8.44. The predicted molar refractivity (Wildman–Crippen MR) is 133 cm³/mol. The number of hydrogen-bond donors (Lipinski definition) is 2. The largest absolute Gasteiger partial charge is 0.480 e. The molecule has 0 saturated heterocycles. The lowest BCUT2D eigenvalue weighted by Crippen LogP contribution is -2.78. The van der Waals surface area contributed by atoms with E-state index in [4.69, 9.17) is 11.6 Å². The van der Waals surface area contributed by atoms with Gasteiger partial charge >= 0.3 is 5.97 Å². The third-order valence-corrected chi connectivity index (χ3v) is 9.58. The zero-order chi connectivity index (χ0) is 24.5. The molecule has 3 aliphatic carbocycles. The molecular weight excluding hydrogens is 516 g/mol. The minimum Gasteiger partial charge on any atom is -0.480 e. The summed E-state index contributed by atoms with van der Waals surface area (Å²) in [6.07, 6.45) is 1.57. The normalized spacial score (nSPS) is 28.3. The van der Waals surface area contributed by atoms with Crippen LogP contribution in [0.15, 0.2) is 58.4 Å². The highest BCUT2D eigenvalue weighted by Gasteiger charge is 2.75. The molecule has 3 saturated carbocycles. The molecule has 7 nitrogen and oxygen atoms in total.